The highest BCUT2D eigenvalue weighted by Crippen LogP contribution is 2.22. The number of aryl methyl sites for hydroxylation is 1. The van der Waals surface area contributed by atoms with Crippen LogP contribution in [0, 0.1) is 11.3 Å². The number of hydrogen-bond acceptors (Lipinski definition) is 4. The van der Waals surface area contributed by atoms with Gasteiger partial charge in [0.1, 0.15) is 11.8 Å². The molecule has 0 bridgehead atoms. The molecule has 0 spiro atoms. The Bertz CT molecular complexity index is 561. The topological polar surface area (TPSA) is 67.6 Å². The molecule has 0 aliphatic carbocycles. The molecular weight excluding hydrogens is 216 g/mol. The van der Waals surface area contributed by atoms with E-state index in [-0.39, 0.29) is 5.92 Å². The quantitative estimate of drug-likeness (QED) is 0.812. The summed E-state index contributed by atoms with van der Waals surface area (Å²) in [4.78, 5) is 4.35. The van der Waals surface area contributed by atoms with Crippen molar-refractivity contribution in [3.05, 3.63) is 23.7 Å². The molecule has 0 amide bonds. The van der Waals surface area contributed by atoms with E-state index in [9.17, 15) is 0 Å². The van der Waals surface area contributed by atoms with Gasteiger partial charge in [0.15, 0.2) is 5.82 Å². The third kappa shape index (κ3) is 2.07. The fourth-order valence-corrected chi connectivity index (χ4v) is 1.56. The third-order valence-corrected chi connectivity index (χ3v) is 2.85. The molecule has 0 saturated carbocycles. The lowest BCUT2D eigenvalue weighted by molar-refractivity contribution is 0.414. The molecule has 2 aromatic heterocycles. The van der Waals surface area contributed by atoms with E-state index in [1.54, 1.807) is 12.3 Å². The Hall–Kier alpha value is -2.09. The van der Waals surface area contributed by atoms with Crippen LogP contribution in [0.3, 0.4) is 0 Å². The molecule has 0 N–H and O–H groups in total. The smallest absolute Gasteiger partial charge is 0.274 e. The van der Waals surface area contributed by atoms with Crippen LogP contribution in [0.25, 0.3) is 11.6 Å². The SMILES string of the molecule is CCC(C)c1noc(-c2cc(C#N)cn2C)n1. The van der Waals surface area contributed by atoms with Crippen LogP contribution in [0.4, 0.5) is 0 Å². The van der Waals surface area contributed by atoms with Crippen molar-refractivity contribution in [3.63, 3.8) is 0 Å². The first kappa shape index (κ1) is 11.4. The van der Waals surface area contributed by atoms with E-state index in [0.717, 1.165) is 12.1 Å². The predicted octanol–water partition coefficient (Wildman–Crippen LogP) is 2.46. The fourth-order valence-electron chi connectivity index (χ4n) is 1.56. The summed E-state index contributed by atoms with van der Waals surface area (Å²) in [5.41, 5.74) is 1.36. The van der Waals surface area contributed by atoms with Gasteiger partial charge in [-0.25, -0.2) is 0 Å². The first-order valence-corrected chi connectivity index (χ1v) is 5.56. The minimum atomic E-state index is 0.281. The molecule has 5 nitrogen and oxygen atoms in total. The summed E-state index contributed by atoms with van der Waals surface area (Å²) in [6.07, 6.45) is 2.71. The number of nitrogens with zero attached hydrogens (tertiary/aromatic N) is 4. The van der Waals surface area contributed by atoms with Crippen molar-refractivity contribution in [3.8, 4) is 17.7 Å². The summed E-state index contributed by atoms with van der Waals surface area (Å²) in [6, 6.07) is 3.83. The van der Waals surface area contributed by atoms with Gasteiger partial charge in [-0.1, -0.05) is 19.0 Å². The average molecular weight is 230 g/mol. The molecule has 5 heteroatoms. The summed E-state index contributed by atoms with van der Waals surface area (Å²) in [6.45, 7) is 4.14. The maximum Gasteiger partial charge on any atom is 0.274 e. The van der Waals surface area contributed by atoms with Crippen molar-refractivity contribution in [2.24, 2.45) is 7.05 Å². The van der Waals surface area contributed by atoms with Gasteiger partial charge in [-0.15, -0.1) is 0 Å². The van der Waals surface area contributed by atoms with E-state index in [1.807, 2.05) is 11.6 Å². The van der Waals surface area contributed by atoms with Gasteiger partial charge in [-0.05, 0) is 12.5 Å². The van der Waals surface area contributed by atoms with Crippen molar-refractivity contribution >= 4 is 0 Å². The van der Waals surface area contributed by atoms with Crippen LogP contribution < -0.4 is 0 Å². The second-order valence-electron chi connectivity index (χ2n) is 4.10. The Morgan fingerprint density at radius 2 is 2.35 bits per heavy atom. The molecule has 2 rings (SSSR count). The van der Waals surface area contributed by atoms with E-state index in [2.05, 4.69) is 30.1 Å². The highest BCUT2D eigenvalue weighted by molar-refractivity contribution is 5.52. The maximum absolute atomic E-state index is 8.82. The Morgan fingerprint density at radius 3 is 2.94 bits per heavy atom. The average Bonchev–Trinajstić information content (AvgIpc) is 2.94. The number of nitriles is 1. The van der Waals surface area contributed by atoms with Crippen molar-refractivity contribution in [1.29, 1.82) is 5.26 Å². The fraction of sp³-hybridized carbons (Fsp3) is 0.417. The zero-order valence-electron chi connectivity index (χ0n) is 10.1. The second-order valence-corrected chi connectivity index (χ2v) is 4.10. The van der Waals surface area contributed by atoms with Gasteiger partial charge in [0.05, 0.1) is 5.56 Å². The Balaban J connectivity index is 2.37. The molecule has 0 aliphatic heterocycles. The highest BCUT2D eigenvalue weighted by Gasteiger charge is 2.16. The molecule has 0 fully saturated rings. The molecule has 1 unspecified atom stereocenters. The van der Waals surface area contributed by atoms with Gasteiger partial charge in [0.25, 0.3) is 5.89 Å². The molecule has 0 saturated heterocycles. The standard InChI is InChI=1S/C12H14N4O/c1-4-8(2)11-14-12(17-15-11)10-5-9(6-13)7-16(10)3/h5,7-8H,4H2,1-3H3. The molecule has 1 atom stereocenters. The van der Waals surface area contributed by atoms with E-state index >= 15 is 0 Å². The predicted molar refractivity (Wildman–Crippen MR) is 62.1 cm³/mol. The largest absolute Gasteiger partial charge is 0.345 e. The third-order valence-electron chi connectivity index (χ3n) is 2.85. The molecule has 2 aromatic rings. The number of hydrogen-bond donors (Lipinski definition) is 0. The lowest BCUT2D eigenvalue weighted by Crippen LogP contribution is -1.94. The van der Waals surface area contributed by atoms with Crippen LogP contribution in [-0.4, -0.2) is 14.7 Å². The summed E-state index contributed by atoms with van der Waals surface area (Å²) >= 11 is 0. The number of rotatable bonds is 3. The lowest BCUT2D eigenvalue weighted by atomic mass is 10.1. The molecular formula is C12H14N4O. The molecule has 2 heterocycles. The zero-order valence-corrected chi connectivity index (χ0v) is 10.1. The van der Waals surface area contributed by atoms with Gasteiger partial charge in [0.2, 0.25) is 0 Å². The normalized spacial score (nSPS) is 12.4. The van der Waals surface area contributed by atoms with Crippen molar-refractivity contribution in [2.75, 3.05) is 0 Å². The summed E-state index contributed by atoms with van der Waals surface area (Å²) in [5.74, 6) is 1.45. The van der Waals surface area contributed by atoms with Gasteiger partial charge in [-0.3, -0.25) is 0 Å². The Morgan fingerprint density at radius 1 is 1.59 bits per heavy atom. The summed E-state index contributed by atoms with van der Waals surface area (Å²) < 4.78 is 7.03. The van der Waals surface area contributed by atoms with Crippen molar-refractivity contribution < 1.29 is 4.52 Å². The van der Waals surface area contributed by atoms with Crippen LogP contribution >= 0.6 is 0 Å². The van der Waals surface area contributed by atoms with Crippen molar-refractivity contribution in [2.45, 2.75) is 26.2 Å². The summed E-state index contributed by atoms with van der Waals surface area (Å²) in [5, 5.41) is 12.8. The Kier molecular flexibility index (Phi) is 2.96. The Labute approximate surface area is 99.7 Å². The maximum atomic E-state index is 8.82. The second kappa shape index (κ2) is 4.42. The van der Waals surface area contributed by atoms with Gasteiger partial charge in [0, 0.05) is 19.2 Å². The molecule has 88 valence electrons. The van der Waals surface area contributed by atoms with E-state index in [4.69, 9.17) is 9.78 Å². The molecule has 0 radical (unpaired) electrons. The van der Waals surface area contributed by atoms with Gasteiger partial charge in [-0.2, -0.15) is 10.2 Å². The van der Waals surface area contributed by atoms with E-state index in [0.29, 0.717) is 17.3 Å². The van der Waals surface area contributed by atoms with Crippen LogP contribution in [0.15, 0.2) is 16.8 Å². The molecule has 0 aromatic carbocycles. The van der Waals surface area contributed by atoms with Crippen LogP contribution in [0.2, 0.25) is 0 Å². The first-order chi connectivity index (χ1) is 8.15. The van der Waals surface area contributed by atoms with Crippen LogP contribution in [0.1, 0.15) is 37.6 Å². The lowest BCUT2D eigenvalue weighted by Gasteiger charge is -1.99. The number of aromatic nitrogens is 3. The minimum absolute atomic E-state index is 0.281. The van der Waals surface area contributed by atoms with Crippen LogP contribution in [-0.2, 0) is 7.05 Å². The first-order valence-electron chi connectivity index (χ1n) is 5.56. The van der Waals surface area contributed by atoms with E-state index < -0.39 is 0 Å². The van der Waals surface area contributed by atoms with Crippen molar-refractivity contribution in [1.82, 2.24) is 14.7 Å². The minimum Gasteiger partial charge on any atom is -0.345 e. The van der Waals surface area contributed by atoms with Gasteiger partial charge >= 0.3 is 0 Å². The highest BCUT2D eigenvalue weighted by atomic mass is 16.5. The monoisotopic (exact) mass is 230 g/mol. The van der Waals surface area contributed by atoms with Crippen LogP contribution in [0.5, 0.6) is 0 Å². The molecule has 17 heavy (non-hydrogen) atoms. The van der Waals surface area contributed by atoms with Gasteiger partial charge < -0.3 is 9.09 Å². The zero-order chi connectivity index (χ0) is 12.4. The van der Waals surface area contributed by atoms with E-state index in [1.165, 1.54) is 0 Å². The summed E-state index contributed by atoms with van der Waals surface area (Å²) in [7, 11) is 1.85. The molecule has 0 aliphatic rings.